The highest BCUT2D eigenvalue weighted by atomic mass is 16.2. The molecule has 2 amide bonds. The lowest BCUT2D eigenvalue weighted by molar-refractivity contribution is -0.139. The molecule has 1 saturated carbocycles. The fourth-order valence-electron chi connectivity index (χ4n) is 4.47. The number of likely N-dealkylation sites (tertiary alicyclic amines) is 1. The molecule has 3 N–H and O–H groups in total. The van der Waals surface area contributed by atoms with Crippen molar-refractivity contribution in [3.05, 3.63) is 0 Å². The van der Waals surface area contributed by atoms with E-state index in [0.717, 1.165) is 84.0 Å². The van der Waals surface area contributed by atoms with Crippen LogP contribution in [0, 0.1) is 11.8 Å². The standard InChI is InChI=1S/C20H36N6O2/c1-22-20(26-8-3-4-16(15-26)14-18(21)27)23-7-9-24-10-12-25(13-11-24)19(28)17-5-2-6-17/h16-17H,2-15H2,1H3,(H2,21,27)(H,22,23). The SMILES string of the molecule is CN=C(NCCN1CCN(C(=O)C2CCC2)CC1)N1CCCC(CC(N)=O)C1. The maximum absolute atomic E-state index is 12.3. The van der Waals surface area contributed by atoms with Crippen molar-refractivity contribution in [1.29, 1.82) is 0 Å². The fraction of sp³-hybridized carbons (Fsp3) is 0.850. The van der Waals surface area contributed by atoms with Crippen LogP contribution in [0.5, 0.6) is 0 Å². The second-order valence-electron chi connectivity index (χ2n) is 8.39. The normalized spacial score (nSPS) is 24.8. The minimum atomic E-state index is -0.218. The van der Waals surface area contributed by atoms with E-state index in [2.05, 4.69) is 25.0 Å². The topological polar surface area (TPSA) is 94.3 Å². The molecule has 0 bridgehead atoms. The monoisotopic (exact) mass is 392 g/mol. The molecule has 0 aromatic heterocycles. The predicted octanol–water partition coefficient (Wildman–Crippen LogP) is 0.0935. The van der Waals surface area contributed by atoms with E-state index in [0.29, 0.717) is 24.2 Å². The van der Waals surface area contributed by atoms with Crippen LogP contribution in [0.3, 0.4) is 0 Å². The highest BCUT2D eigenvalue weighted by Gasteiger charge is 2.31. The number of nitrogens with two attached hydrogens (primary N) is 1. The number of nitrogens with zero attached hydrogens (tertiary/aromatic N) is 4. The maximum Gasteiger partial charge on any atom is 0.225 e. The van der Waals surface area contributed by atoms with Gasteiger partial charge >= 0.3 is 0 Å². The first-order valence-corrected chi connectivity index (χ1v) is 10.8. The van der Waals surface area contributed by atoms with Crippen LogP contribution in [0.2, 0.25) is 0 Å². The predicted molar refractivity (Wildman–Crippen MR) is 110 cm³/mol. The summed E-state index contributed by atoms with van der Waals surface area (Å²) in [4.78, 5) is 34.7. The van der Waals surface area contributed by atoms with Crippen molar-refractivity contribution in [2.24, 2.45) is 22.6 Å². The van der Waals surface area contributed by atoms with E-state index in [4.69, 9.17) is 5.73 Å². The van der Waals surface area contributed by atoms with E-state index in [-0.39, 0.29) is 5.91 Å². The molecule has 0 spiro atoms. The van der Waals surface area contributed by atoms with Gasteiger partial charge in [0.1, 0.15) is 0 Å². The average Bonchev–Trinajstić information content (AvgIpc) is 2.64. The van der Waals surface area contributed by atoms with Crippen molar-refractivity contribution < 1.29 is 9.59 Å². The number of hydrogen-bond donors (Lipinski definition) is 2. The van der Waals surface area contributed by atoms with E-state index in [1.165, 1.54) is 6.42 Å². The number of carbonyl (C=O) groups excluding carboxylic acids is 2. The van der Waals surface area contributed by atoms with Crippen LogP contribution < -0.4 is 11.1 Å². The van der Waals surface area contributed by atoms with Crippen molar-refractivity contribution in [2.75, 3.05) is 59.4 Å². The Morgan fingerprint density at radius 3 is 2.39 bits per heavy atom. The number of aliphatic imine (C=N–C) groups is 1. The van der Waals surface area contributed by atoms with Crippen molar-refractivity contribution >= 4 is 17.8 Å². The van der Waals surface area contributed by atoms with Crippen LogP contribution >= 0.6 is 0 Å². The number of carbonyl (C=O) groups is 2. The summed E-state index contributed by atoms with van der Waals surface area (Å²) in [6, 6.07) is 0. The van der Waals surface area contributed by atoms with E-state index in [9.17, 15) is 9.59 Å². The Kier molecular flexibility index (Phi) is 7.53. The second kappa shape index (κ2) is 10.1. The van der Waals surface area contributed by atoms with Gasteiger partial charge in [-0.1, -0.05) is 6.42 Å². The molecule has 3 aliphatic rings. The van der Waals surface area contributed by atoms with Crippen LogP contribution in [0.1, 0.15) is 38.5 Å². The van der Waals surface area contributed by atoms with E-state index < -0.39 is 0 Å². The van der Waals surface area contributed by atoms with E-state index in [1.807, 2.05) is 7.05 Å². The zero-order valence-electron chi connectivity index (χ0n) is 17.2. The third-order valence-electron chi connectivity index (χ3n) is 6.37. The molecule has 1 atom stereocenters. The van der Waals surface area contributed by atoms with E-state index >= 15 is 0 Å². The van der Waals surface area contributed by atoms with Gasteiger partial charge in [-0.25, -0.2) is 0 Å². The van der Waals surface area contributed by atoms with Gasteiger partial charge in [-0.05, 0) is 31.6 Å². The van der Waals surface area contributed by atoms with Gasteiger partial charge in [0.2, 0.25) is 11.8 Å². The number of piperazine rings is 1. The van der Waals surface area contributed by atoms with Crippen LogP contribution in [0.4, 0.5) is 0 Å². The van der Waals surface area contributed by atoms with Crippen molar-refractivity contribution in [1.82, 2.24) is 20.0 Å². The smallest absolute Gasteiger partial charge is 0.225 e. The Hall–Kier alpha value is -1.83. The molecule has 0 aromatic rings. The summed E-state index contributed by atoms with van der Waals surface area (Å²) in [5.41, 5.74) is 5.36. The zero-order valence-corrected chi connectivity index (χ0v) is 17.2. The van der Waals surface area contributed by atoms with Crippen LogP contribution in [0.25, 0.3) is 0 Å². The molecular weight excluding hydrogens is 356 g/mol. The molecular formula is C20H36N6O2. The fourth-order valence-corrected chi connectivity index (χ4v) is 4.47. The molecule has 3 fully saturated rings. The van der Waals surface area contributed by atoms with Gasteiger partial charge in [-0.3, -0.25) is 19.5 Å². The Labute approximate surface area is 168 Å². The number of hydrogen-bond acceptors (Lipinski definition) is 4. The van der Waals surface area contributed by atoms with Crippen molar-refractivity contribution in [3.8, 4) is 0 Å². The number of nitrogens with one attached hydrogen (secondary N) is 1. The summed E-state index contributed by atoms with van der Waals surface area (Å²) in [6.45, 7) is 7.19. The third-order valence-corrected chi connectivity index (χ3v) is 6.37. The first-order valence-electron chi connectivity index (χ1n) is 10.8. The van der Waals surface area contributed by atoms with Crippen LogP contribution in [-0.2, 0) is 9.59 Å². The molecule has 158 valence electrons. The zero-order chi connectivity index (χ0) is 19.9. The van der Waals surface area contributed by atoms with Gasteiger partial charge in [0.15, 0.2) is 5.96 Å². The average molecular weight is 393 g/mol. The Bertz CT molecular complexity index is 569. The lowest BCUT2D eigenvalue weighted by Crippen LogP contribution is -2.53. The lowest BCUT2D eigenvalue weighted by Gasteiger charge is -2.38. The highest BCUT2D eigenvalue weighted by Crippen LogP contribution is 2.28. The minimum Gasteiger partial charge on any atom is -0.370 e. The van der Waals surface area contributed by atoms with Gasteiger partial charge in [-0.15, -0.1) is 0 Å². The summed E-state index contributed by atoms with van der Waals surface area (Å²) in [5.74, 6) is 1.70. The van der Waals surface area contributed by atoms with E-state index in [1.54, 1.807) is 0 Å². The van der Waals surface area contributed by atoms with Gasteiger partial charge in [-0.2, -0.15) is 0 Å². The molecule has 1 aliphatic carbocycles. The molecule has 2 aliphatic heterocycles. The quantitative estimate of drug-likeness (QED) is 0.494. The summed E-state index contributed by atoms with van der Waals surface area (Å²) in [5, 5.41) is 3.47. The van der Waals surface area contributed by atoms with Gasteiger partial charge < -0.3 is 20.9 Å². The Morgan fingerprint density at radius 1 is 1.04 bits per heavy atom. The highest BCUT2D eigenvalue weighted by molar-refractivity contribution is 5.80. The first kappa shape index (κ1) is 20.9. The number of primary amides is 1. The van der Waals surface area contributed by atoms with Gasteiger partial charge in [0.25, 0.3) is 0 Å². The first-order chi connectivity index (χ1) is 13.6. The third kappa shape index (κ3) is 5.59. The summed E-state index contributed by atoms with van der Waals surface area (Å²) in [7, 11) is 1.81. The molecule has 0 aromatic carbocycles. The molecule has 1 unspecified atom stereocenters. The minimum absolute atomic E-state index is 0.218. The van der Waals surface area contributed by atoms with Gasteiger partial charge in [0, 0.05) is 71.7 Å². The number of rotatable bonds is 6. The van der Waals surface area contributed by atoms with Crippen LogP contribution in [-0.4, -0.2) is 91.9 Å². The number of piperidine rings is 1. The summed E-state index contributed by atoms with van der Waals surface area (Å²) >= 11 is 0. The molecule has 28 heavy (non-hydrogen) atoms. The summed E-state index contributed by atoms with van der Waals surface area (Å²) in [6.07, 6.45) is 5.95. The lowest BCUT2D eigenvalue weighted by atomic mass is 9.84. The molecule has 8 nitrogen and oxygen atoms in total. The second-order valence-corrected chi connectivity index (χ2v) is 8.39. The molecule has 2 saturated heterocycles. The summed E-state index contributed by atoms with van der Waals surface area (Å²) < 4.78 is 0. The maximum atomic E-state index is 12.3. The Balaban J connectivity index is 1.35. The largest absolute Gasteiger partial charge is 0.370 e. The van der Waals surface area contributed by atoms with Crippen molar-refractivity contribution in [2.45, 2.75) is 38.5 Å². The molecule has 2 heterocycles. The number of amides is 2. The van der Waals surface area contributed by atoms with Gasteiger partial charge in [0.05, 0.1) is 0 Å². The number of guanidine groups is 1. The Morgan fingerprint density at radius 2 is 1.79 bits per heavy atom. The molecule has 0 radical (unpaired) electrons. The molecule has 3 rings (SSSR count). The molecule has 8 heteroatoms. The van der Waals surface area contributed by atoms with Crippen LogP contribution in [0.15, 0.2) is 4.99 Å². The van der Waals surface area contributed by atoms with Crippen molar-refractivity contribution in [3.63, 3.8) is 0 Å².